The summed E-state index contributed by atoms with van der Waals surface area (Å²) in [7, 11) is 0. The van der Waals surface area contributed by atoms with E-state index in [4.69, 9.17) is 17.3 Å². The maximum absolute atomic E-state index is 14.3. The van der Waals surface area contributed by atoms with Crippen LogP contribution in [0.1, 0.15) is 23.3 Å². The van der Waals surface area contributed by atoms with E-state index < -0.39 is 23.7 Å². The first-order valence-corrected chi connectivity index (χ1v) is 10.7. The molecule has 1 aliphatic carbocycles. The molecule has 168 valence electrons. The standard InChI is InChI=1S/C23H19ClFN5O3/c24-15-5-3-6-16(19(15)25)27-23(33)21-13-8-12(9-13)10-29(21)18(31)11-30-17-7-2-1-4-14(17)20(28-30)22(26)32/h1-7,10,13,21H,8-9,11H2,(H2,26,32)(H,27,33)/t21-/m1/s1. The van der Waals surface area contributed by atoms with Gasteiger partial charge in [-0.2, -0.15) is 5.10 Å². The fraction of sp³-hybridized carbons (Fsp3) is 0.217. The van der Waals surface area contributed by atoms with Crippen molar-refractivity contribution in [1.29, 1.82) is 0 Å². The topological polar surface area (TPSA) is 110 Å². The van der Waals surface area contributed by atoms with Crippen LogP contribution in [0.15, 0.2) is 54.2 Å². The Hall–Kier alpha value is -3.72. The van der Waals surface area contributed by atoms with Gasteiger partial charge in [0.1, 0.15) is 12.6 Å². The van der Waals surface area contributed by atoms with Gasteiger partial charge < -0.3 is 16.0 Å². The van der Waals surface area contributed by atoms with Gasteiger partial charge in [-0.3, -0.25) is 19.1 Å². The van der Waals surface area contributed by atoms with Crippen molar-refractivity contribution in [1.82, 2.24) is 14.7 Å². The predicted octanol–water partition coefficient (Wildman–Crippen LogP) is 3.07. The third-order valence-electron chi connectivity index (χ3n) is 6.06. The highest BCUT2D eigenvalue weighted by Crippen LogP contribution is 2.43. The molecular weight excluding hydrogens is 449 g/mol. The molecular formula is C23H19ClFN5O3. The van der Waals surface area contributed by atoms with Crippen LogP contribution in [0.5, 0.6) is 0 Å². The lowest BCUT2D eigenvalue weighted by Crippen LogP contribution is -2.55. The van der Waals surface area contributed by atoms with Crippen LogP contribution in [0.4, 0.5) is 10.1 Å². The Bertz CT molecular complexity index is 1340. The predicted molar refractivity (Wildman–Crippen MR) is 120 cm³/mol. The van der Waals surface area contributed by atoms with Crippen molar-refractivity contribution in [2.45, 2.75) is 25.4 Å². The van der Waals surface area contributed by atoms with Crippen LogP contribution in [0.3, 0.4) is 0 Å². The second-order valence-electron chi connectivity index (χ2n) is 8.18. The first kappa shape index (κ1) is 21.1. The second-order valence-corrected chi connectivity index (χ2v) is 8.59. The van der Waals surface area contributed by atoms with Crippen molar-refractivity contribution >= 4 is 45.9 Å². The highest BCUT2D eigenvalue weighted by Gasteiger charge is 2.45. The van der Waals surface area contributed by atoms with Crippen LogP contribution in [-0.4, -0.2) is 38.4 Å². The lowest BCUT2D eigenvalue weighted by molar-refractivity contribution is -0.139. The maximum Gasteiger partial charge on any atom is 0.269 e. The number of nitrogens with zero attached hydrogens (tertiary/aromatic N) is 3. The third-order valence-corrected chi connectivity index (χ3v) is 6.35. The number of hydrogen-bond donors (Lipinski definition) is 2. The number of para-hydroxylation sites is 1. The summed E-state index contributed by atoms with van der Waals surface area (Å²) in [6.07, 6.45) is 3.09. The molecule has 8 nitrogen and oxygen atoms in total. The van der Waals surface area contributed by atoms with Crippen molar-refractivity contribution in [3.05, 3.63) is 70.8 Å². The zero-order chi connectivity index (χ0) is 23.3. The number of anilines is 1. The van der Waals surface area contributed by atoms with Crippen LogP contribution in [0.2, 0.25) is 5.02 Å². The first-order valence-electron chi connectivity index (χ1n) is 10.3. The smallest absolute Gasteiger partial charge is 0.269 e. The van der Waals surface area contributed by atoms with Gasteiger partial charge in [0, 0.05) is 11.6 Å². The van der Waals surface area contributed by atoms with E-state index >= 15 is 0 Å². The number of allylic oxidation sites excluding steroid dienone is 1. The lowest BCUT2D eigenvalue weighted by Gasteiger charge is -2.45. The van der Waals surface area contributed by atoms with Crippen molar-refractivity contribution in [3.63, 3.8) is 0 Å². The third kappa shape index (κ3) is 3.64. The SMILES string of the molecule is NC(=O)c1nn(CC(=O)N2C=C3CC(C3)[C@@H]2C(=O)Nc2cccc(Cl)c2F)c2ccccc12. The Balaban J connectivity index is 1.42. The minimum Gasteiger partial charge on any atom is -0.364 e. The van der Waals surface area contributed by atoms with E-state index in [0.29, 0.717) is 23.7 Å². The lowest BCUT2D eigenvalue weighted by atomic mass is 9.72. The number of carbonyl (C=O) groups is 3. The molecule has 3 amide bonds. The van der Waals surface area contributed by atoms with Crippen LogP contribution in [-0.2, 0) is 16.1 Å². The van der Waals surface area contributed by atoms with Gasteiger partial charge in [0.05, 0.1) is 16.2 Å². The Morgan fingerprint density at radius 2 is 1.91 bits per heavy atom. The van der Waals surface area contributed by atoms with Crippen LogP contribution < -0.4 is 11.1 Å². The average Bonchev–Trinajstić information content (AvgIpc) is 3.14. The molecule has 1 atom stereocenters. The highest BCUT2D eigenvalue weighted by molar-refractivity contribution is 6.31. The zero-order valence-electron chi connectivity index (χ0n) is 17.3. The maximum atomic E-state index is 14.3. The molecule has 33 heavy (non-hydrogen) atoms. The van der Waals surface area contributed by atoms with Crippen LogP contribution in [0, 0.1) is 11.7 Å². The van der Waals surface area contributed by atoms with Gasteiger partial charge in [0.15, 0.2) is 11.5 Å². The monoisotopic (exact) mass is 467 g/mol. The minimum absolute atomic E-state index is 0.0434. The second kappa shape index (κ2) is 8.00. The average molecular weight is 468 g/mol. The van der Waals surface area contributed by atoms with Crippen molar-refractivity contribution in [2.75, 3.05) is 5.32 Å². The number of halogens is 2. The fourth-order valence-corrected chi connectivity index (χ4v) is 4.64. The molecule has 2 aromatic carbocycles. The fourth-order valence-electron chi connectivity index (χ4n) is 4.46. The summed E-state index contributed by atoms with van der Waals surface area (Å²) >= 11 is 5.82. The zero-order valence-corrected chi connectivity index (χ0v) is 18.1. The summed E-state index contributed by atoms with van der Waals surface area (Å²) in [5.41, 5.74) is 7.11. The highest BCUT2D eigenvalue weighted by atomic mass is 35.5. The molecule has 2 bridgehead atoms. The molecule has 3 aromatic rings. The van der Waals surface area contributed by atoms with Crippen molar-refractivity contribution in [3.8, 4) is 0 Å². The van der Waals surface area contributed by atoms with Gasteiger partial charge in [-0.05, 0) is 37.0 Å². The molecule has 3 heterocycles. The molecule has 0 spiro atoms. The number of rotatable bonds is 5. The van der Waals surface area contributed by atoms with Gasteiger partial charge in [-0.25, -0.2) is 4.39 Å². The van der Waals surface area contributed by atoms with Crippen molar-refractivity contribution < 1.29 is 18.8 Å². The number of primary amides is 1. The van der Waals surface area contributed by atoms with Crippen molar-refractivity contribution in [2.24, 2.45) is 11.7 Å². The summed E-state index contributed by atoms with van der Waals surface area (Å²) in [5.74, 6) is -2.36. The molecule has 1 saturated carbocycles. The number of carbonyl (C=O) groups excluding carboxylic acids is 3. The van der Waals surface area contributed by atoms with E-state index in [9.17, 15) is 18.8 Å². The number of aromatic nitrogens is 2. The number of nitrogens with two attached hydrogens (primary N) is 1. The Morgan fingerprint density at radius 1 is 1.15 bits per heavy atom. The molecule has 0 radical (unpaired) electrons. The van der Waals surface area contributed by atoms with Gasteiger partial charge in [0.2, 0.25) is 11.8 Å². The molecule has 3 aliphatic rings. The van der Waals surface area contributed by atoms with E-state index in [1.165, 1.54) is 27.8 Å². The summed E-state index contributed by atoms with van der Waals surface area (Å²) < 4.78 is 15.7. The van der Waals surface area contributed by atoms with Crippen LogP contribution >= 0.6 is 11.6 Å². The molecule has 10 heteroatoms. The molecule has 2 aliphatic heterocycles. The first-order chi connectivity index (χ1) is 15.8. The Kier molecular flexibility index (Phi) is 5.13. The van der Waals surface area contributed by atoms with Gasteiger partial charge in [0.25, 0.3) is 5.91 Å². The molecule has 1 fully saturated rings. The van der Waals surface area contributed by atoms with Crippen LogP contribution in [0.25, 0.3) is 10.9 Å². The summed E-state index contributed by atoms with van der Waals surface area (Å²) in [4.78, 5) is 39.5. The van der Waals surface area contributed by atoms with E-state index in [2.05, 4.69) is 10.4 Å². The summed E-state index contributed by atoms with van der Waals surface area (Å²) in [6.45, 7) is -0.195. The summed E-state index contributed by atoms with van der Waals surface area (Å²) in [5, 5.41) is 7.23. The quantitative estimate of drug-likeness (QED) is 0.600. The Labute approximate surface area is 192 Å². The molecule has 3 N–H and O–H groups in total. The van der Waals surface area contributed by atoms with E-state index in [0.717, 1.165) is 5.57 Å². The van der Waals surface area contributed by atoms with Gasteiger partial charge >= 0.3 is 0 Å². The normalized spacial score (nSPS) is 19.1. The number of amides is 3. The number of hydrogen-bond acceptors (Lipinski definition) is 4. The largest absolute Gasteiger partial charge is 0.364 e. The number of benzene rings is 2. The molecule has 0 unspecified atom stereocenters. The van der Waals surface area contributed by atoms with E-state index in [1.54, 1.807) is 30.5 Å². The summed E-state index contributed by atoms with van der Waals surface area (Å²) in [6, 6.07) is 10.5. The number of fused-ring (bicyclic) bond motifs is 3. The van der Waals surface area contributed by atoms with Gasteiger partial charge in [-0.15, -0.1) is 0 Å². The van der Waals surface area contributed by atoms with Gasteiger partial charge in [-0.1, -0.05) is 41.4 Å². The minimum atomic E-state index is -0.800. The molecule has 0 saturated heterocycles. The molecule has 1 aromatic heterocycles. The van der Waals surface area contributed by atoms with E-state index in [-0.39, 0.29) is 34.8 Å². The Morgan fingerprint density at radius 3 is 2.67 bits per heavy atom. The van der Waals surface area contributed by atoms with E-state index in [1.807, 2.05) is 0 Å². The number of nitrogens with one attached hydrogen (secondary N) is 1. The molecule has 6 rings (SSSR count).